The minimum atomic E-state index is -0.156. The summed E-state index contributed by atoms with van der Waals surface area (Å²) in [7, 11) is 0. The molecule has 1 aliphatic heterocycles. The number of ether oxygens (including phenoxy) is 1. The van der Waals surface area contributed by atoms with E-state index in [1.54, 1.807) is 11.8 Å². The zero-order valence-electron chi connectivity index (χ0n) is 16.2. The van der Waals surface area contributed by atoms with Gasteiger partial charge in [0.05, 0.1) is 18.9 Å². The number of carbonyl (C=O) groups is 1. The van der Waals surface area contributed by atoms with Crippen LogP contribution >= 0.6 is 22.9 Å². The minimum Gasteiger partial charge on any atom is -0.378 e. The van der Waals surface area contributed by atoms with E-state index in [4.69, 9.17) is 16.3 Å². The highest BCUT2D eigenvalue weighted by atomic mass is 35.5. The third kappa shape index (κ3) is 4.01. The van der Waals surface area contributed by atoms with Gasteiger partial charge in [0.1, 0.15) is 4.88 Å². The van der Waals surface area contributed by atoms with E-state index in [2.05, 4.69) is 10.1 Å². The number of amides is 1. The summed E-state index contributed by atoms with van der Waals surface area (Å²) in [6.07, 6.45) is 0.495. The van der Waals surface area contributed by atoms with Gasteiger partial charge in [-0.1, -0.05) is 35.1 Å². The average Bonchev–Trinajstić information content (AvgIpc) is 3.24. The number of H-pyrrole nitrogens is 1. The van der Waals surface area contributed by atoms with Crippen LogP contribution in [0.3, 0.4) is 0 Å². The lowest BCUT2D eigenvalue weighted by Gasteiger charge is -2.26. The molecule has 1 fully saturated rings. The van der Waals surface area contributed by atoms with E-state index < -0.39 is 0 Å². The third-order valence-corrected chi connectivity index (χ3v) is 6.34. The largest absolute Gasteiger partial charge is 0.378 e. The number of thiazole rings is 1. The summed E-state index contributed by atoms with van der Waals surface area (Å²) in [6.45, 7) is 5.88. The molecule has 0 radical (unpaired) electrons. The second-order valence-corrected chi connectivity index (χ2v) is 8.39. The topological polar surface area (TPSA) is 80.2 Å². The summed E-state index contributed by atoms with van der Waals surface area (Å²) in [6, 6.07) is 7.44. The van der Waals surface area contributed by atoms with E-state index in [0.717, 1.165) is 11.3 Å². The van der Waals surface area contributed by atoms with E-state index in [0.29, 0.717) is 59.0 Å². The molecule has 0 atom stereocenters. The van der Waals surface area contributed by atoms with Gasteiger partial charge < -0.3 is 9.64 Å². The monoisotopic (exact) mass is 432 g/mol. The van der Waals surface area contributed by atoms with Gasteiger partial charge in [0.15, 0.2) is 0 Å². The fourth-order valence-corrected chi connectivity index (χ4v) is 4.44. The van der Waals surface area contributed by atoms with E-state index in [1.807, 2.05) is 31.2 Å². The van der Waals surface area contributed by atoms with Crippen molar-refractivity contribution in [2.45, 2.75) is 20.3 Å². The van der Waals surface area contributed by atoms with E-state index in [9.17, 15) is 9.59 Å². The average molecular weight is 433 g/mol. The molecule has 0 spiro atoms. The van der Waals surface area contributed by atoms with E-state index in [-0.39, 0.29) is 11.5 Å². The summed E-state index contributed by atoms with van der Waals surface area (Å²) in [5.74, 6) is -0.0627. The van der Waals surface area contributed by atoms with Crippen LogP contribution in [-0.4, -0.2) is 51.9 Å². The molecule has 3 heterocycles. The molecular weight excluding hydrogens is 412 g/mol. The molecule has 0 bridgehead atoms. The van der Waals surface area contributed by atoms with E-state index in [1.165, 1.54) is 16.0 Å². The van der Waals surface area contributed by atoms with Crippen LogP contribution < -0.4 is 5.56 Å². The smallest absolute Gasteiger partial charge is 0.277 e. The first-order valence-corrected chi connectivity index (χ1v) is 10.5. The summed E-state index contributed by atoms with van der Waals surface area (Å²) in [5, 5.41) is 4.23. The number of rotatable bonds is 4. The molecule has 152 valence electrons. The van der Waals surface area contributed by atoms with Crippen molar-refractivity contribution < 1.29 is 9.53 Å². The van der Waals surface area contributed by atoms with E-state index >= 15 is 0 Å². The van der Waals surface area contributed by atoms with Crippen LogP contribution in [0.25, 0.3) is 5.13 Å². The number of hydrogen-bond donors (Lipinski definition) is 1. The molecule has 7 nitrogen and oxygen atoms in total. The molecule has 2 aromatic heterocycles. The number of carbonyl (C=O) groups excluding carboxylic acids is 1. The summed E-state index contributed by atoms with van der Waals surface area (Å²) in [4.78, 5) is 32.6. The Labute approximate surface area is 176 Å². The third-order valence-electron chi connectivity index (χ3n) is 4.96. The van der Waals surface area contributed by atoms with Crippen molar-refractivity contribution in [2.75, 3.05) is 26.3 Å². The zero-order chi connectivity index (χ0) is 20.5. The summed E-state index contributed by atoms with van der Waals surface area (Å²) < 4.78 is 6.74. The molecular formula is C20H21ClN4O3S. The van der Waals surface area contributed by atoms with Crippen molar-refractivity contribution in [3.8, 4) is 5.13 Å². The van der Waals surface area contributed by atoms with Crippen LogP contribution in [0, 0.1) is 13.8 Å². The van der Waals surface area contributed by atoms with Crippen molar-refractivity contribution in [3.05, 3.63) is 67.0 Å². The molecule has 1 aliphatic rings. The van der Waals surface area contributed by atoms with Crippen molar-refractivity contribution in [1.29, 1.82) is 0 Å². The Kier molecular flexibility index (Phi) is 5.58. The van der Waals surface area contributed by atoms with Gasteiger partial charge in [-0.2, -0.15) is 4.68 Å². The van der Waals surface area contributed by atoms with Gasteiger partial charge in [-0.15, -0.1) is 0 Å². The molecule has 4 rings (SSSR count). The van der Waals surface area contributed by atoms with Gasteiger partial charge in [0.25, 0.3) is 11.5 Å². The molecule has 0 saturated carbocycles. The molecule has 0 unspecified atom stereocenters. The molecule has 1 amide bonds. The molecule has 9 heteroatoms. The number of aromatic nitrogens is 3. The van der Waals surface area contributed by atoms with Gasteiger partial charge in [-0.05, 0) is 31.5 Å². The van der Waals surface area contributed by atoms with Crippen molar-refractivity contribution in [2.24, 2.45) is 0 Å². The Bertz CT molecular complexity index is 1090. The normalized spacial score (nSPS) is 14.4. The second-order valence-electron chi connectivity index (χ2n) is 6.97. The van der Waals surface area contributed by atoms with Crippen LogP contribution in [0.5, 0.6) is 0 Å². The molecule has 1 aromatic carbocycles. The van der Waals surface area contributed by atoms with Crippen LogP contribution in [0.15, 0.2) is 29.1 Å². The van der Waals surface area contributed by atoms with Gasteiger partial charge in [0, 0.05) is 35.8 Å². The summed E-state index contributed by atoms with van der Waals surface area (Å²) >= 11 is 7.17. The predicted molar refractivity (Wildman–Crippen MR) is 113 cm³/mol. The number of aryl methyl sites for hydroxylation is 2. The maximum absolute atomic E-state index is 13.0. The first-order valence-electron chi connectivity index (χ1n) is 9.34. The number of morpholine rings is 1. The van der Waals surface area contributed by atoms with Crippen molar-refractivity contribution in [1.82, 2.24) is 19.7 Å². The Morgan fingerprint density at radius 2 is 1.93 bits per heavy atom. The maximum atomic E-state index is 13.0. The molecule has 29 heavy (non-hydrogen) atoms. The SMILES string of the molecule is Cc1nc(-n2[nH]c(C)c(Cc3ccc(Cl)cc3)c2=O)sc1C(=O)N1CCOCC1. The number of halogens is 1. The van der Waals surface area contributed by atoms with Crippen LogP contribution in [0.4, 0.5) is 0 Å². The minimum absolute atomic E-state index is 0.0627. The van der Waals surface area contributed by atoms with Gasteiger partial charge >= 0.3 is 0 Å². The quantitative estimate of drug-likeness (QED) is 0.687. The lowest BCUT2D eigenvalue weighted by Crippen LogP contribution is -2.40. The number of hydrogen-bond acceptors (Lipinski definition) is 5. The second kappa shape index (κ2) is 8.14. The Hall–Kier alpha value is -2.42. The molecule has 1 N–H and O–H groups in total. The zero-order valence-corrected chi connectivity index (χ0v) is 17.8. The Morgan fingerprint density at radius 3 is 2.62 bits per heavy atom. The number of nitrogens with zero attached hydrogens (tertiary/aromatic N) is 3. The molecule has 1 saturated heterocycles. The fraction of sp³-hybridized carbons (Fsp3) is 0.350. The lowest BCUT2D eigenvalue weighted by atomic mass is 10.1. The fourth-order valence-electron chi connectivity index (χ4n) is 3.32. The number of benzene rings is 1. The van der Waals surface area contributed by atoms with Crippen LogP contribution in [-0.2, 0) is 11.2 Å². The highest BCUT2D eigenvalue weighted by Crippen LogP contribution is 2.23. The Morgan fingerprint density at radius 1 is 1.24 bits per heavy atom. The predicted octanol–water partition coefficient (Wildman–Crippen LogP) is 2.96. The van der Waals surface area contributed by atoms with Gasteiger partial charge in [0.2, 0.25) is 5.13 Å². The van der Waals surface area contributed by atoms with Crippen LogP contribution in [0.1, 0.15) is 32.2 Å². The summed E-state index contributed by atoms with van der Waals surface area (Å²) in [5.41, 5.74) is 2.91. The highest BCUT2D eigenvalue weighted by molar-refractivity contribution is 7.16. The first kappa shape index (κ1) is 19.9. The Balaban J connectivity index is 1.63. The lowest BCUT2D eigenvalue weighted by molar-refractivity contribution is 0.0305. The van der Waals surface area contributed by atoms with Gasteiger partial charge in [-0.3, -0.25) is 14.7 Å². The number of nitrogens with one attached hydrogen (secondary N) is 1. The standard InChI is InChI=1S/C20H21ClN4O3S/c1-12-16(11-14-3-5-15(21)6-4-14)18(26)25(23-12)20-22-13(2)17(29-20)19(27)24-7-9-28-10-8-24/h3-6,23H,7-11H2,1-2H3. The molecule has 0 aliphatic carbocycles. The van der Waals surface area contributed by atoms with Crippen molar-refractivity contribution >= 4 is 28.8 Å². The highest BCUT2D eigenvalue weighted by Gasteiger charge is 2.25. The van der Waals surface area contributed by atoms with Crippen molar-refractivity contribution in [3.63, 3.8) is 0 Å². The number of aromatic amines is 1. The first-order chi connectivity index (χ1) is 13.9. The van der Waals surface area contributed by atoms with Gasteiger partial charge in [-0.25, -0.2) is 4.98 Å². The molecule has 3 aromatic rings. The van der Waals surface area contributed by atoms with Crippen LogP contribution in [0.2, 0.25) is 5.02 Å². The maximum Gasteiger partial charge on any atom is 0.277 e.